The molecule has 0 amide bonds. The Bertz CT molecular complexity index is 771. The Morgan fingerprint density at radius 1 is 1.29 bits per heavy atom. The van der Waals surface area contributed by atoms with Crippen LogP contribution in [0.3, 0.4) is 0 Å². The normalized spacial score (nSPS) is 14.7. The van der Waals surface area contributed by atoms with E-state index in [4.69, 9.17) is 4.98 Å². The number of aryl methyl sites for hydroxylation is 1. The molecule has 21 heavy (non-hydrogen) atoms. The third-order valence-corrected chi connectivity index (χ3v) is 4.47. The second kappa shape index (κ2) is 5.11. The molecule has 0 saturated heterocycles. The van der Waals surface area contributed by atoms with E-state index < -0.39 is 0 Å². The molecule has 1 aliphatic carbocycles. The number of aromatic nitrogens is 4. The van der Waals surface area contributed by atoms with Crippen molar-refractivity contribution < 1.29 is 0 Å². The van der Waals surface area contributed by atoms with Crippen LogP contribution in [0.2, 0.25) is 0 Å². The van der Waals surface area contributed by atoms with E-state index in [1.807, 2.05) is 6.07 Å². The van der Waals surface area contributed by atoms with Gasteiger partial charge in [-0.25, -0.2) is 9.97 Å². The van der Waals surface area contributed by atoms with Crippen molar-refractivity contribution in [2.24, 2.45) is 0 Å². The van der Waals surface area contributed by atoms with Crippen molar-refractivity contribution >= 4 is 27.7 Å². The monoisotopic (exact) mass is 299 g/mol. The van der Waals surface area contributed by atoms with Crippen molar-refractivity contribution in [1.82, 2.24) is 18.9 Å². The first-order valence-electron chi connectivity index (χ1n) is 7.37. The summed E-state index contributed by atoms with van der Waals surface area (Å²) in [6.45, 7) is 2.77. The Balaban J connectivity index is 1.62. The molecule has 0 aliphatic heterocycles. The minimum absolute atomic E-state index is 0.620. The highest BCUT2D eigenvalue weighted by Crippen LogP contribution is 2.38. The van der Waals surface area contributed by atoms with Gasteiger partial charge >= 0.3 is 0 Å². The maximum absolute atomic E-state index is 4.77. The molecule has 0 spiro atoms. The van der Waals surface area contributed by atoms with Crippen molar-refractivity contribution in [2.75, 3.05) is 5.32 Å². The summed E-state index contributed by atoms with van der Waals surface area (Å²) in [6, 6.07) is 8.98. The molecular formula is C15H17N5S. The summed E-state index contributed by atoms with van der Waals surface area (Å²) in [5.41, 5.74) is 2.32. The molecule has 2 aromatic heterocycles. The number of nitrogens with one attached hydrogen (secondary N) is 1. The number of anilines is 1. The van der Waals surface area contributed by atoms with Gasteiger partial charge in [0.25, 0.3) is 0 Å². The van der Waals surface area contributed by atoms with Crippen molar-refractivity contribution in [3.8, 4) is 0 Å². The van der Waals surface area contributed by atoms with E-state index in [1.165, 1.54) is 29.9 Å². The second-order valence-corrected chi connectivity index (χ2v) is 6.09. The van der Waals surface area contributed by atoms with Crippen LogP contribution in [0.25, 0.3) is 11.0 Å². The fourth-order valence-corrected chi connectivity index (χ4v) is 3.23. The molecule has 6 heteroatoms. The van der Waals surface area contributed by atoms with E-state index in [9.17, 15) is 0 Å². The third kappa shape index (κ3) is 2.40. The largest absolute Gasteiger partial charge is 0.353 e. The predicted octanol–water partition coefficient (Wildman–Crippen LogP) is 3.40. The van der Waals surface area contributed by atoms with Gasteiger partial charge in [-0.3, -0.25) is 0 Å². The summed E-state index contributed by atoms with van der Waals surface area (Å²) < 4.78 is 6.68. The fraction of sp³-hybridized carbons (Fsp3) is 0.400. The molecule has 5 nitrogen and oxygen atoms in total. The van der Waals surface area contributed by atoms with Gasteiger partial charge in [0.1, 0.15) is 11.6 Å². The van der Waals surface area contributed by atoms with Gasteiger partial charge in [0.2, 0.25) is 5.13 Å². The Morgan fingerprint density at radius 3 is 2.90 bits per heavy atom. The number of hydrogen-bond donors (Lipinski definition) is 1. The molecule has 1 aliphatic rings. The first kappa shape index (κ1) is 12.8. The van der Waals surface area contributed by atoms with Crippen LogP contribution in [0, 0.1) is 0 Å². The SMILES string of the molecule is CCc1nsc(NCc2nc3ccccc3n2C2CC2)n1. The van der Waals surface area contributed by atoms with E-state index >= 15 is 0 Å². The zero-order valence-corrected chi connectivity index (χ0v) is 12.7. The van der Waals surface area contributed by atoms with Crippen LogP contribution in [-0.4, -0.2) is 18.9 Å². The number of nitrogens with zero attached hydrogens (tertiary/aromatic N) is 4. The molecule has 1 fully saturated rings. The van der Waals surface area contributed by atoms with Crippen LogP contribution in [0.15, 0.2) is 24.3 Å². The summed E-state index contributed by atoms with van der Waals surface area (Å²) in [4.78, 5) is 9.22. The number of rotatable bonds is 5. The topological polar surface area (TPSA) is 55.6 Å². The number of benzene rings is 1. The molecule has 0 bridgehead atoms. The minimum Gasteiger partial charge on any atom is -0.353 e. The van der Waals surface area contributed by atoms with Crippen LogP contribution in [0.4, 0.5) is 5.13 Å². The van der Waals surface area contributed by atoms with Gasteiger partial charge in [-0.2, -0.15) is 4.37 Å². The lowest BCUT2D eigenvalue weighted by Crippen LogP contribution is -2.07. The molecule has 1 aromatic carbocycles. The smallest absolute Gasteiger partial charge is 0.202 e. The highest BCUT2D eigenvalue weighted by Gasteiger charge is 2.27. The third-order valence-electron chi connectivity index (χ3n) is 3.76. The first-order valence-corrected chi connectivity index (χ1v) is 8.15. The van der Waals surface area contributed by atoms with Crippen LogP contribution in [0.5, 0.6) is 0 Å². The van der Waals surface area contributed by atoms with Crippen LogP contribution in [0.1, 0.15) is 37.5 Å². The Hall–Kier alpha value is -1.95. The fourth-order valence-electron chi connectivity index (χ4n) is 2.58. The Kier molecular flexibility index (Phi) is 3.11. The van der Waals surface area contributed by atoms with Gasteiger partial charge in [0.15, 0.2) is 0 Å². The van der Waals surface area contributed by atoms with E-state index in [2.05, 4.69) is 44.4 Å². The lowest BCUT2D eigenvalue weighted by molar-refractivity contribution is 0.711. The van der Waals surface area contributed by atoms with Gasteiger partial charge < -0.3 is 9.88 Å². The van der Waals surface area contributed by atoms with Crippen molar-refractivity contribution in [3.63, 3.8) is 0 Å². The molecule has 2 heterocycles. The Labute approximate surface area is 127 Å². The first-order chi connectivity index (χ1) is 10.3. The predicted molar refractivity (Wildman–Crippen MR) is 84.6 cm³/mol. The highest BCUT2D eigenvalue weighted by molar-refractivity contribution is 7.09. The average molecular weight is 299 g/mol. The quantitative estimate of drug-likeness (QED) is 0.784. The maximum atomic E-state index is 4.77. The molecule has 3 aromatic rings. The second-order valence-electron chi connectivity index (χ2n) is 5.34. The minimum atomic E-state index is 0.620. The van der Waals surface area contributed by atoms with Gasteiger partial charge in [-0.15, -0.1) is 0 Å². The van der Waals surface area contributed by atoms with E-state index in [1.54, 1.807) is 0 Å². The number of para-hydroxylation sites is 2. The van der Waals surface area contributed by atoms with Gasteiger partial charge in [0, 0.05) is 24.0 Å². The number of fused-ring (bicyclic) bond motifs is 1. The molecule has 0 unspecified atom stereocenters. The zero-order chi connectivity index (χ0) is 14.2. The molecule has 108 valence electrons. The standard InChI is InChI=1S/C15H17N5S/c1-2-13-18-15(21-19-13)16-9-14-17-11-5-3-4-6-12(11)20(14)10-7-8-10/h3-6,10H,2,7-9H2,1H3,(H,16,18,19). The van der Waals surface area contributed by atoms with E-state index in [0.717, 1.165) is 28.7 Å². The van der Waals surface area contributed by atoms with Crippen LogP contribution < -0.4 is 5.32 Å². The molecule has 1 N–H and O–H groups in total. The molecule has 4 rings (SSSR count). The summed E-state index contributed by atoms with van der Waals surface area (Å²) >= 11 is 1.42. The zero-order valence-electron chi connectivity index (χ0n) is 11.9. The van der Waals surface area contributed by atoms with Crippen molar-refractivity contribution in [1.29, 1.82) is 0 Å². The highest BCUT2D eigenvalue weighted by atomic mass is 32.1. The lowest BCUT2D eigenvalue weighted by atomic mass is 10.3. The van der Waals surface area contributed by atoms with Gasteiger partial charge in [-0.1, -0.05) is 19.1 Å². The van der Waals surface area contributed by atoms with Crippen LogP contribution >= 0.6 is 11.5 Å². The molecule has 1 saturated carbocycles. The van der Waals surface area contributed by atoms with E-state index in [0.29, 0.717) is 12.6 Å². The van der Waals surface area contributed by atoms with Crippen molar-refractivity contribution in [3.05, 3.63) is 35.9 Å². The van der Waals surface area contributed by atoms with Gasteiger partial charge in [-0.05, 0) is 25.0 Å². The van der Waals surface area contributed by atoms with Gasteiger partial charge in [0.05, 0.1) is 17.6 Å². The maximum Gasteiger partial charge on any atom is 0.202 e. The van der Waals surface area contributed by atoms with Crippen LogP contribution in [-0.2, 0) is 13.0 Å². The number of imidazole rings is 1. The average Bonchev–Trinajstić information content (AvgIpc) is 3.13. The summed E-state index contributed by atoms with van der Waals surface area (Å²) in [5.74, 6) is 1.99. The summed E-state index contributed by atoms with van der Waals surface area (Å²) in [6.07, 6.45) is 3.39. The van der Waals surface area contributed by atoms with Crippen molar-refractivity contribution in [2.45, 2.75) is 38.8 Å². The summed E-state index contributed by atoms with van der Waals surface area (Å²) in [7, 11) is 0. The number of hydrogen-bond acceptors (Lipinski definition) is 5. The summed E-state index contributed by atoms with van der Waals surface area (Å²) in [5, 5.41) is 4.24. The Morgan fingerprint density at radius 2 is 2.14 bits per heavy atom. The molecular weight excluding hydrogens is 282 g/mol. The van der Waals surface area contributed by atoms with E-state index in [-0.39, 0.29) is 0 Å². The molecule has 0 atom stereocenters. The molecule has 0 radical (unpaired) electrons. The lowest BCUT2D eigenvalue weighted by Gasteiger charge is -2.07.